The fourth-order valence-electron chi connectivity index (χ4n) is 3.42. The zero-order chi connectivity index (χ0) is 18.1. The number of amides is 1. The molecule has 1 saturated carbocycles. The van der Waals surface area contributed by atoms with E-state index in [0.29, 0.717) is 24.6 Å². The van der Waals surface area contributed by atoms with Gasteiger partial charge in [0.2, 0.25) is 11.8 Å². The quantitative estimate of drug-likeness (QED) is 0.888. The third-order valence-corrected chi connectivity index (χ3v) is 5.20. The second-order valence-corrected chi connectivity index (χ2v) is 7.20. The summed E-state index contributed by atoms with van der Waals surface area (Å²) in [7, 11) is 0. The number of nitrogens with zero attached hydrogens (tertiary/aromatic N) is 3. The first-order chi connectivity index (χ1) is 12.6. The molecule has 0 spiro atoms. The summed E-state index contributed by atoms with van der Waals surface area (Å²) in [5.41, 5.74) is 0.424. The van der Waals surface area contributed by atoms with Crippen molar-refractivity contribution in [1.29, 1.82) is 0 Å². The number of carbonyl (C=O) groups excluding carboxylic acids is 1. The lowest BCUT2D eigenvalue weighted by atomic mass is 9.95. The maximum atomic E-state index is 13.3. The van der Waals surface area contributed by atoms with E-state index in [1.807, 2.05) is 0 Å². The Labute approximate surface area is 151 Å². The van der Waals surface area contributed by atoms with E-state index in [2.05, 4.69) is 10.1 Å². The van der Waals surface area contributed by atoms with E-state index < -0.39 is 11.9 Å². The average molecular weight is 359 g/mol. The predicted molar refractivity (Wildman–Crippen MR) is 90.8 cm³/mol. The summed E-state index contributed by atoms with van der Waals surface area (Å²) in [4.78, 5) is 18.7. The van der Waals surface area contributed by atoms with Gasteiger partial charge in [-0.2, -0.15) is 4.98 Å². The molecular weight excluding hydrogens is 337 g/mol. The van der Waals surface area contributed by atoms with Crippen LogP contribution in [0, 0.1) is 5.82 Å². The number of rotatable bonds is 5. The molecule has 6 nitrogen and oxygen atoms in total. The van der Waals surface area contributed by atoms with Crippen molar-refractivity contribution in [2.45, 2.75) is 50.0 Å². The van der Waals surface area contributed by atoms with Gasteiger partial charge in [0.25, 0.3) is 0 Å². The molecule has 1 atom stereocenters. The standard InChI is InChI=1S/C19H22FN3O3/c20-15-3-1-2-14(10-15)16(24)11-17(25)23-8-6-12(7-9-23)18-21-19(26-22-18)13-4-5-13/h1-3,10,12-13,16,24H,4-9,11H2. The number of carbonyl (C=O) groups is 1. The third-order valence-electron chi connectivity index (χ3n) is 5.20. The number of benzene rings is 1. The van der Waals surface area contributed by atoms with Crippen molar-refractivity contribution in [3.05, 3.63) is 47.4 Å². The van der Waals surface area contributed by atoms with Crippen molar-refractivity contribution in [2.24, 2.45) is 0 Å². The first-order valence-electron chi connectivity index (χ1n) is 9.15. The predicted octanol–water partition coefficient (Wildman–Crippen LogP) is 2.92. The van der Waals surface area contributed by atoms with Gasteiger partial charge in [-0.15, -0.1) is 0 Å². The minimum atomic E-state index is -0.991. The van der Waals surface area contributed by atoms with E-state index in [1.165, 1.54) is 18.2 Å². The molecule has 26 heavy (non-hydrogen) atoms. The van der Waals surface area contributed by atoms with Gasteiger partial charge in [-0.05, 0) is 43.4 Å². The van der Waals surface area contributed by atoms with Crippen LogP contribution in [0.5, 0.6) is 0 Å². The SMILES string of the molecule is O=C(CC(O)c1cccc(F)c1)N1CCC(c2noc(C3CC3)n2)CC1. The number of hydrogen-bond donors (Lipinski definition) is 1. The lowest BCUT2D eigenvalue weighted by molar-refractivity contribution is -0.134. The van der Waals surface area contributed by atoms with Crippen LogP contribution in [0.15, 0.2) is 28.8 Å². The smallest absolute Gasteiger partial charge is 0.229 e. The number of aliphatic hydroxyl groups is 1. The molecule has 0 bridgehead atoms. The molecule has 2 fully saturated rings. The normalized spacial score (nSPS) is 19.5. The number of piperidine rings is 1. The van der Waals surface area contributed by atoms with Gasteiger partial charge in [0.15, 0.2) is 5.82 Å². The molecule has 1 saturated heterocycles. The van der Waals surface area contributed by atoms with E-state index in [1.54, 1.807) is 11.0 Å². The maximum absolute atomic E-state index is 13.3. The van der Waals surface area contributed by atoms with Crippen LogP contribution in [0.1, 0.15) is 67.3 Å². The maximum Gasteiger partial charge on any atom is 0.229 e. The second kappa shape index (κ2) is 7.15. The molecule has 1 amide bonds. The molecule has 1 aliphatic heterocycles. The summed E-state index contributed by atoms with van der Waals surface area (Å²) in [6.07, 6.45) is 2.79. The Morgan fingerprint density at radius 3 is 2.73 bits per heavy atom. The molecular formula is C19H22FN3O3. The number of hydrogen-bond acceptors (Lipinski definition) is 5. The zero-order valence-electron chi connectivity index (χ0n) is 14.5. The van der Waals surface area contributed by atoms with Crippen LogP contribution in [0.3, 0.4) is 0 Å². The fourth-order valence-corrected chi connectivity index (χ4v) is 3.42. The highest BCUT2D eigenvalue weighted by Crippen LogP contribution is 2.39. The number of aliphatic hydroxyl groups excluding tert-OH is 1. The summed E-state index contributed by atoms with van der Waals surface area (Å²) >= 11 is 0. The van der Waals surface area contributed by atoms with Crippen molar-refractivity contribution in [2.75, 3.05) is 13.1 Å². The number of halogens is 1. The van der Waals surface area contributed by atoms with Crippen LogP contribution in [0.25, 0.3) is 0 Å². The van der Waals surface area contributed by atoms with Crippen molar-refractivity contribution in [3.8, 4) is 0 Å². The molecule has 2 heterocycles. The highest BCUT2D eigenvalue weighted by Gasteiger charge is 2.32. The Bertz CT molecular complexity index is 782. The van der Waals surface area contributed by atoms with E-state index in [9.17, 15) is 14.3 Å². The Balaban J connectivity index is 1.30. The van der Waals surface area contributed by atoms with Crippen LogP contribution >= 0.6 is 0 Å². The van der Waals surface area contributed by atoms with Crippen LogP contribution < -0.4 is 0 Å². The first kappa shape index (κ1) is 17.1. The topological polar surface area (TPSA) is 79.5 Å². The van der Waals surface area contributed by atoms with Gasteiger partial charge in [0.1, 0.15) is 5.82 Å². The molecule has 0 radical (unpaired) electrons. The molecule has 1 unspecified atom stereocenters. The summed E-state index contributed by atoms with van der Waals surface area (Å²) in [6, 6.07) is 5.74. The first-order valence-corrected chi connectivity index (χ1v) is 9.15. The van der Waals surface area contributed by atoms with Gasteiger partial charge in [-0.25, -0.2) is 4.39 Å². The van der Waals surface area contributed by atoms with E-state index in [0.717, 1.165) is 37.4 Å². The highest BCUT2D eigenvalue weighted by atomic mass is 19.1. The van der Waals surface area contributed by atoms with Crippen molar-refractivity contribution in [1.82, 2.24) is 15.0 Å². The molecule has 138 valence electrons. The minimum Gasteiger partial charge on any atom is -0.388 e. The summed E-state index contributed by atoms with van der Waals surface area (Å²) in [5, 5.41) is 14.3. The van der Waals surface area contributed by atoms with E-state index in [4.69, 9.17) is 4.52 Å². The summed E-state index contributed by atoms with van der Waals surface area (Å²) < 4.78 is 18.6. The van der Waals surface area contributed by atoms with E-state index in [-0.39, 0.29) is 18.2 Å². The molecule has 2 aliphatic rings. The van der Waals surface area contributed by atoms with Gasteiger partial charge >= 0.3 is 0 Å². The average Bonchev–Trinajstić information content (AvgIpc) is 3.39. The van der Waals surface area contributed by atoms with Crippen molar-refractivity contribution < 1.29 is 18.8 Å². The monoisotopic (exact) mass is 359 g/mol. The van der Waals surface area contributed by atoms with Gasteiger partial charge in [-0.1, -0.05) is 17.3 Å². The fraction of sp³-hybridized carbons (Fsp3) is 0.526. The molecule has 1 N–H and O–H groups in total. The van der Waals surface area contributed by atoms with Crippen molar-refractivity contribution in [3.63, 3.8) is 0 Å². The lowest BCUT2D eigenvalue weighted by Crippen LogP contribution is -2.38. The highest BCUT2D eigenvalue weighted by molar-refractivity contribution is 5.77. The van der Waals surface area contributed by atoms with Crippen LogP contribution in [0.2, 0.25) is 0 Å². The molecule has 1 aromatic heterocycles. The Kier molecular flexibility index (Phi) is 4.72. The molecule has 7 heteroatoms. The Morgan fingerprint density at radius 2 is 2.04 bits per heavy atom. The third kappa shape index (κ3) is 3.77. The number of likely N-dealkylation sites (tertiary alicyclic amines) is 1. The van der Waals surface area contributed by atoms with Crippen molar-refractivity contribution >= 4 is 5.91 Å². The second-order valence-electron chi connectivity index (χ2n) is 7.20. The molecule has 1 aliphatic carbocycles. The van der Waals surface area contributed by atoms with Gasteiger partial charge in [0.05, 0.1) is 12.5 Å². The van der Waals surface area contributed by atoms with Crippen LogP contribution in [-0.4, -0.2) is 39.1 Å². The minimum absolute atomic E-state index is 0.0395. The van der Waals surface area contributed by atoms with E-state index >= 15 is 0 Å². The summed E-state index contributed by atoms with van der Waals surface area (Å²) in [6.45, 7) is 1.21. The lowest BCUT2D eigenvalue weighted by Gasteiger charge is -2.31. The number of aromatic nitrogens is 2. The molecule has 1 aromatic carbocycles. The Hall–Kier alpha value is -2.28. The largest absolute Gasteiger partial charge is 0.388 e. The Morgan fingerprint density at radius 1 is 1.27 bits per heavy atom. The van der Waals surface area contributed by atoms with Crippen LogP contribution in [-0.2, 0) is 4.79 Å². The van der Waals surface area contributed by atoms with Gasteiger partial charge in [0, 0.05) is 24.9 Å². The molecule has 4 rings (SSSR count). The summed E-state index contributed by atoms with van der Waals surface area (Å²) in [5.74, 6) is 1.62. The zero-order valence-corrected chi connectivity index (χ0v) is 14.5. The van der Waals surface area contributed by atoms with Gasteiger partial charge < -0.3 is 14.5 Å². The van der Waals surface area contributed by atoms with Crippen LogP contribution in [0.4, 0.5) is 4.39 Å². The molecule has 2 aromatic rings. The van der Waals surface area contributed by atoms with Gasteiger partial charge in [-0.3, -0.25) is 4.79 Å².